The fourth-order valence-electron chi connectivity index (χ4n) is 2.60. The lowest BCUT2D eigenvalue weighted by atomic mass is 10.2. The van der Waals surface area contributed by atoms with Crippen molar-refractivity contribution < 1.29 is 9.53 Å². The average Bonchev–Trinajstić information content (AvgIpc) is 2.70. The Bertz CT molecular complexity index is 912. The lowest BCUT2D eigenvalue weighted by Crippen LogP contribution is -2.25. The normalized spacial score (nSPS) is 10.4. The molecule has 0 aliphatic rings. The topological polar surface area (TPSA) is 76.1 Å². The minimum absolute atomic E-state index is 0.186. The van der Waals surface area contributed by atoms with Crippen molar-refractivity contribution in [1.82, 2.24) is 15.3 Å². The second kappa shape index (κ2) is 9.50. The summed E-state index contributed by atoms with van der Waals surface area (Å²) in [5.41, 5.74) is 1.20. The number of carbonyl (C=O) groups is 1. The lowest BCUT2D eigenvalue weighted by molar-refractivity contribution is 0.0948. The third-order valence-electron chi connectivity index (χ3n) is 3.99. The molecule has 6 heteroatoms. The van der Waals surface area contributed by atoms with Gasteiger partial charge in [-0.3, -0.25) is 4.79 Å². The molecule has 3 aromatic rings. The molecule has 0 fully saturated rings. The number of para-hydroxylation sites is 1. The highest BCUT2D eigenvalue weighted by atomic mass is 16.5. The molecule has 0 radical (unpaired) electrons. The number of unbranched alkanes of at least 4 members (excludes halogenated alkanes) is 1. The van der Waals surface area contributed by atoms with Crippen molar-refractivity contribution in [3.63, 3.8) is 0 Å². The largest absolute Gasteiger partial charge is 0.457 e. The van der Waals surface area contributed by atoms with Crippen LogP contribution in [0.1, 0.15) is 36.1 Å². The van der Waals surface area contributed by atoms with Crippen LogP contribution < -0.4 is 15.4 Å². The van der Waals surface area contributed by atoms with E-state index in [9.17, 15) is 4.79 Å². The number of nitrogens with zero attached hydrogens (tertiary/aromatic N) is 2. The first kappa shape index (κ1) is 19.4. The van der Waals surface area contributed by atoms with Gasteiger partial charge in [0.05, 0.1) is 0 Å². The number of ether oxygens (including phenoxy) is 1. The number of rotatable bonds is 8. The molecule has 0 bridgehead atoms. The molecule has 0 saturated heterocycles. The molecule has 0 unspecified atom stereocenters. The van der Waals surface area contributed by atoms with Crippen LogP contribution in [0.2, 0.25) is 0 Å². The molecule has 1 amide bonds. The Labute approximate surface area is 165 Å². The van der Waals surface area contributed by atoms with Gasteiger partial charge >= 0.3 is 0 Å². The maximum absolute atomic E-state index is 12.2. The first-order valence-corrected chi connectivity index (χ1v) is 9.38. The Morgan fingerprint density at radius 1 is 1.00 bits per heavy atom. The second-order valence-electron chi connectivity index (χ2n) is 6.36. The summed E-state index contributed by atoms with van der Waals surface area (Å²) in [5.74, 6) is 2.45. The van der Waals surface area contributed by atoms with E-state index in [2.05, 4.69) is 27.5 Å². The molecule has 6 nitrogen and oxygen atoms in total. The summed E-state index contributed by atoms with van der Waals surface area (Å²) in [4.78, 5) is 20.8. The molecule has 0 spiro atoms. The molecule has 0 aliphatic heterocycles. The Morgan fingerprint density at radius 2 is 1.71 bits per heavy atom. The monoisotopic (exact) mass is 376 g/mol. The number of carbonyl (C=O) groups excluding carboxylic acids is 1. The summed E-state index contributed by atoms with van der Waals surface area (Å²) >= 11 is 0. The molecule has 2 aromatic carbocycles. The molecule has 1 heterocycles. The van der Waals surface area contributed by atoms with Crippen LogP contribution >= 0.6 is 0 Å². The van der Waals surface area contributed by atoms with Crippen molar-refractivity contribution in [1.29, 1.82) is 0 Å². The highest BCUT2D eigenvalue weighted by Gasteiger charge is 2.10. The predicted octanol–water partition coefficient (Wildman–Crippen LogP) is 4.85. The number of amides is 1. The summed E-state index contributed by atoms with van der Waals surface area (Å²) in [7, 11) is 0. The van der Waals surface area contributed by atoms with E-state index in [1.807, 2.05) is 54.6 Å². The van der Waals surface area contributed by atoms with Gasteiger partial charge in [0, 0.05) is 18.3 Å². The molecule has 3 rings (SSSR count). The summed E-state index contributed by atoms with van der Waals surface area (Å²) in [6, 6.07) is 18.8. The van der Waals surface area contributed by atoms with Crippen LogP contribution in [0.15, 0.2) is 60.7 Å². The maximum Gasteiger partial charge on any atom is 0.270 e. The quantitative estimate of drug-likeness (QED) is 0.550. The Morgan fingerprint density at radius 3 is 2.43 bits per heavy atom. The number of hydrogen-bond acceptors (Lipinski definition) is 5. The van der Waals surface area contributed by atoms with E-state index in [4.69, 9.17) is 4.74 Å². The van der Waals surface area contributed by atoms with Gasteiger partial charge in [-0.15, -0.1) is 0 Å². The summed E-state index contributed by atoms with van der Waals surface area (Å²) in [6.07, 6.45) is 1.97. The van der Waals surface area contributed by atoms with Crippen molar-refractivity contribution >= 4 is 17.4 Å². The van der Waals surface area contributed by atoms with E-state index in [1.165, 1.54) is 0 Å². The zero-order valence-electron chi connectivity index (χ0n) is 16.1. The van der Waals surface area contributed by atoms with Crippen molar-refractivity contribution in [3.8, 4) is 11.5 Å². The summed E-state index contributed by atoms with van der Waals surface area (Å²) in [6.45, 7) is 4.49. The Hall–Kier alpha value is -3.41. The first-order chi connectivity index (χ1) is 13.6. The van der Waals surface area contributed by atoms with Gasteiger partial charge in [0.25, 0.3) is 5.91 Å². The van der Waals surface area contributed by atoms with Crippen molar-refractivity contribution in [2.24, 2.45) is 0 Å². The standard InChI is InChI=1S/C22H24N4O2/c1-3-4-14-23-22(27)20-15-21(25-16(2)24-20)26-17-10-12-19(13-11-17)28-18-8-6-5-7-9-18/h5-13,15H,3-4,14H2,1-2H3,(H,23,27)(H,24,25,26). The van der Waals surface area contributed by atoms with Crippen LogP contribution in [0.5, 0.6) is 11.5 Å². The molecule has 144 valence electrons. The van der Waals surface area contributed by atoms with Gasteiger partial charge < -0.3 is 15.4 Å². The minimum Gasteiger partial charge on any atom is -0.457 e. The van der Waals surface area contributed by atoms with Gasteiger partial charge in [0.2, 0.25) is 0 Å². The van der Waals surface area contributed by atoms with E-state index in [-0.39, 0.29) is 5.91 Å². The number of aromatic nitrogens is 2. The molecule has 1 aromatic heterocycles. The molecular formula is C22H24N4O2. The van der Waals surface area contributed by atoms with Gasteiger partial charge in [0.15, 0.2) is 0 Å². The third-order valence-corrected chi connectivity index (χ3v) is 3.99. The van der Waals surface area contributed by atoms with E-state index < -0.39 is 0 Å². The average molecular weight is 376 g/mol. The van der Waals surface area contributed by atoms with E-state index >= 15 is 0 Å². The van der Waals surface area contributed by atoms with Crippen LogP contribution in [0.25, 0.3) is 0 Å². The van der Waals surface area contributed by atoms with Crippen molar-refractivity contribution in [2.75, 3.05) is 11.9 Å². The maximum atomic E-state index is 12.2. The Kier molecular flexibility index (Phi) is 6.57. The van der Waals surface area contributed by atoms with Gasteiger partial charge in [-0.25, -0.2) is 9.97 Å². The predicted molar refractivity (Wildman–Crippen MR) is 110 cm³/mol. The van der Waals surface area contributed by atoms with Crippen LogP contribution in [0.3, 0.4) is 0 Å². The van der Waals surface area contributed by atoms with Crippen LogP contribution in [-0.2, 0) is 0 Å². The number of benzene rings is 2. The molecule has 28 heavy (non-hydrogen) atoms. The first-order valence-electron chi connectivity index (χ1n) is 9.38. The highest BCUT2D eigenvalue weighted by molar-refractivity contribution is 5.93. The smallest absolute Gasteiger partial charge is 0.270 e. The fourth-order valence-corrected chi connectivity index (χ4v) is 2.60. The van der Waals surface area contributed by atoms with Gasteiger partial charge in [-0.2, -0.15) is 0 Å². The fraction of sp³-hybridized carbons (Fsp3) is 0.227. The molecular weight excluding hydrogens is 352 g/mol. The molecule has 2 N–H and O–H groups in total. The lowest BCUT2D eigenvalue weighted by Gasteiger charge is -2.10. The van der Waals surface area contributed by atoms with E-state index in [1.54, 1.807) is 13.0 Å². The zero-order valence-corrected chi connectivity index (χ0v) is 16.1. The Balaban J connectivity index is 1.66. The van der Waals surface area contributed by atoms with Crippen LogP contribution in [0.4, 0.5) is 11.5 Å². The third kappa shape index (κ3) is 5.54. The molecule has 0 saturated carbocycles. The minimum atomic E-state index is -0.186. The highest BCUT2D eigenvalue weighted by Crippen LogP contribution is 2.24. The van der Waals surface area contributed by atoms with Crippen molar-refractivity contribution in [3.05, 3.63) is 72.2 Å². The van der Waals surface area contributed by atoms with E-state index in [0.29, 0.717) is 23.9 Å². The summed E-state index contributed by atoms with van der Waals surface area (Å²) < 4.78 is 5.79. The number of anilines is 2. The summed E-state index contributed by atoms with van der Waals surface area (Å²) in [5, 5.41) is 6.09. The zero-order chi connectivity index (χ0) is 19.8. The molecule has 0 atom stereocenters. The van der Waals surface area contributed by atoms with Gasteiger partial charge in [-0.1, -0.05) is 31.5 Å². The van der Waals surface area contributed by atoms with Gasteiger partial charge in [-0.05, 0) is 49.7 Å². The van der Waals surface area contributed by atoms with Crippen LogP contribution in [-0.4, -0.2) is 22.4 Å². The van der Waals surface area contributed by atoms with Crippen molar-refractivity contribution in [2.45, 2.75) is 26.7 Å². The van der Waals surface area contributed by atoms with Gasteiger partial charge in [0.1, 0.15) is 28.8 Å². The second-order valence-corrected chi connectivity index (χ2v) is 6.36. The van der Waals surface area contributed by atoms with Crippen LogP contribution in [0, 0.1) is 6.92 Å². The molecule has 0 aliphatic carbocycles. The SMILES string of the molecule is CCCCNC(=O)c1cc(Nc2ccc(Oc3ccccc3)cc2)nc(C)n1. The van der Waals surface area contributed by atoms with E-state index in [0.717, 1.165) is 30.0 Å². The number of aryl methyl sites for hydroxylation is 1. The number of nitrogens with one attached hydrogen (secondary N) is 2. The number of hydrogen-bond donors (Lipinski definition) is 2.